The van der Waals surface area contributed by atoms with Crippen LogP contribution in [0.3, 0.4) is 0 Å². The Balaban J connectivity index is 1.81. The van der Waals surface area contributed by atoms with Gasteiger partial charge in [0, 0.05) is 6.42 Å². The minimum absolute atomic E-state index is 0.245. The zero-order valence-electron chi connectivity index (χ0n) is 12.5. The van der Waals surface area contributed by atoms with E-state index in [2.05, 4.69) is 55.5 Å². The maximum Gasteiger partial charge on any atom is 0.303 e. The Morgan fingerprint density at radius 1 is 0.810 bits per heavy atom. The molecule has 0 saturated heterocycles. The van der Waals surface area contributed by atoms with Crippen LogP contribution in [0.5, 0.6) is 0 Å². The van der Waals surface area contributed by atoms with E-state index >= 15 is 0 Å². The van der Waals surface area contributed by atoms with Gasteiger partial charge in [-0.2, -0.15) is 0 Å². The van der Waals surface area contributed by atoms with Crippen molar-refractivity contribution in [3.8, 4) is 0 Å². The van der Waals surface area contributed by atoms with Crippen molar-refractivity contribution in [3.63, 3.8) is 0 Å². The predicted molar refractivity (Wildman–Crippen MR) is 85.6 cm³/mol. The molecule has 110 valence electrons. The molecule has 0 radical (unpaired) electrons. The van der Waals surface area contributed by atoms with Crippen molar-refractivity contribution in [2.45, 2.75) is 39.0 Å². The number of aliphatic carboxylic acids is 1. The fraction of sp³-hybridized carbons (Fsp3) is 0.316. The molecule has 2 heteroatoms. The topological polar surface area (TPSA) is 37.3 Å². The predicted octanol–water partition coefficient (Wildman–Crippen LogP) is 4.19. The number of carbonyl (C=O) groups is 1. The summed E-state index contributed by atoms with van der Waals surface area (Å²) in [5.74, 6) is -0.718. The molecule has 2 rings (SSSR count). The van der Waals surface area contributed by atoms with Crippen LogP contribution in [0.1, 0.15) is 35.1 Å². The maximum absolute atomic E-state index is 10.5. The average molecular weight is 282 g/mol. The molecule has 0 aliphatic carbocycles. The molecule has 2 aromatic carbocycles. The lowest BCUT2D eigenvalue weighted by atomic mass is 10.0. The maximum atomic E-state index is 10.5. The third-order valence-electron chi connectivity index (χ3n) is 3.70. The second kappa shape index (κ2) is 7.63. The van der Waals surface area contributed by atoms with E-state index in [1.54, 1.807) is 0 Å². The Morgan fingerprint density at radius 3 is 1.71 bits per heavy atom. The van der Waals surface area contributed by atoms with Crippen molar-refractivity contribution < 1.29 is 9.90 Å². The van der Waals surface area contributed by atoms with Crippen molar-refractivity contribution in [3.05, 3.63) is 70.8 Å². The van der Waals surface area contributed by atoms with Gasteiger partial charge in [0.05, 0.1) is 0 Å². The van der Waals surface area contributed by atoms with E-state index in [0.29, 0.717) is 6.42 Å². The minimum Gasteiger partial charge on any atom is -0.481 e. The van der Waals surface area contributed by atoms with Gasteiger partial charge in [0.15, 0.2) is 0 Å². The molecule has 0 saturated carbocycles. The molecule has 0 spiro atoms. The normalized spacial score (nSPS) is 10.5. The van der Waals surface area contributed by atoms with Crippen molar-refractivity contribution in [1.82, 2.24) is 0 Å². The molecule has 21 heavy (non-hydrogen) atoms. The summed E-state index contributed by atoms with van der Waals surface area (Å²) in [6, 6.07) is 17.2. The van der Waals surface area contributed by atoms with E-state index in [0.717, 1.165) is 19.3 Å². The van der Waals surface area contributed by atoms with Gasteiger partial charge >= 0.3 is 5.97 Å². The molecular formula is C19H22O2. The van der Waals surface area contributed by atoms with Crippen LogP contribution in [0.4, 0.5) is 0 Å². The summed E-state index contributed by atoms with van der Waals surface area (Å²) in [6.45, 7) is 2.10. The van der Waals surface area contributed by atoms with Crippen LogP contribution < -0.4 is 0 Å². The van der Waals surface area contributed by atoms with Gasteiger partial charge in [0.25, 0.3) is 0 Å². The molecule has 0 unspecified atom stereocenters. The lowest BCUT2D eigenvalue weighted by molar-refractivity contribution is -0.137. The van der Waals surface area contributed by atoms with E-state index in [1.165, 1.54) is 22.3 Å². The van der Waals surface area contributed by atoms with Gasteiger partial charge in [-0.15, -0.1) is 0 Å². The summed E-state index contributed by atoms with van der Waals surface area (Å²) < 4.78 is 0. The van der Waals surface area contributed by atoms with E-state index in [1.807, 2.05) is 0 Å². The van der Waals surface area contributed by atoms with Crippen molar-refractivity contribution in [2.24, 2.45) is 0 Å². The van der Waals surface area contributed by atoms with Crippen LogP contribution in [0, 0.1) is 6.92 Å². The Kier molecular flexibility index (Phi) is 5.56. The first kappa shape index (κ1) is 15.3. The smallest absolute Gasteiger partial charge is 0.303 e. The van der Waals surface area contributed by atoms with E-state index < -0.39 is 5.97 Å². The second-order valence-corrected chi connectivity index (χ2v) is 5.55. The van der Waals surface area contributed by atoms with Gasteiger partial charge in [-0.1, -0.05) is 54.1 Å². The largest absolute Gasteiger partial charge is 0.481 e. The van der Waals surface area contributed by atoms with E-state index in [-0.39, 0.29) is 6.42 Å². The zero-order chi connectivity index (χ0) is 15.1. The Labute approximate surface area is 126 Å². The van der Waals surface area contributed by atoms with Crippen LogP contribution >= 0.6 is 0 Å². The third-order valence-corrected chi connectivity index (χ3v) is 3.70. The fourth-order valence-corrected chi connectivity index (χ4v) is 2.36. The van der Waals surface area contributed by atoms with Gasteiger partial charge < -0.3 is 5.11 Å². The SMILES string of the molecule is Cc1ccc(CCc2ccc(CCCC(=O)O)cc2)cc1. The first-order chi connectivity index (χ1) is 10.1. The molecule has 0 aliphatic heterocycles. The highest BCUT2D eigenvalue weighted by Gasteiger charge is 2.00. The number of carboxylic acid groups (broad SMARTS) is 1. The Morgan fingerprint density at radius 2 is 1.24 bits per heavy atom. The molecular weight excluding hydrogens is 260 g/mol. The highest BCUT2D eigenvalue weighted by molar-refractivity contribution is 5.66. The summed E-state index contributed by atoms with van der Waals surface area (Å²) in [4.78, 5) is 10.5. The summed E-state index contributed by atoms with van der Waals surface area (Å²) in [5, 5.41) is 8.63. The van der Waals surface area contributed by atoms with Gasteiger partial charge in [-0.3, -0.25) is 4.79 Å². The second-order valence-electron chi connectivity index (χ2n) is 5.55. The monoisotopic (exact) mass is 282 g/mol. The van der Waals surface area contributed by atoms with E-state index in [4.69, 9.17) is 5.11 Å². The molecule has 1 N–H and O–H groups in total. The summed E-state index contributed by atoms with van der Waals surface area (Å²) in [5.41, 5.74) is 5.21. The summed E-state index contributed by atoms with van der Waals surface area (Å²) in [6.07, 6.45) is 3.88. The molecule has 0 heterocycles. The Hall–Kier alpha value is -2.09. The van der Waals surface area contributed by atoms with Gasteiger partial charge in [0.1, 0.15) is 0 Å². The van der Waals surface area contributed by atoms with Crippen LogP contribution in [-0.2, 0) is 24.1 Å². The molecule has 0 amide bonds. The third kappa shape index (κ3) is 5.42. The van der Waals surface area contributed by atoms with Crippen molar-refractivity contribution >= 4 is 5.97 Å². The first-order valence-corrected chi connectivity index (χ1v) is 7.48. The standard InChI is InChI=1S/C19H22O2/c1-15-5-7-17(8-6-15)13-14-18-11-9-16(10-12-18)3-2-4-19(20)21/h5-12H,2-4,13-14H2,1H3,(H,20,21). The van der Waals surface area contributed by atoms with Crippen LogP contribution in [0.25, 0.3) is 0 Å². The minimum atomic E-state index is -0.718. The quantitative estimate of drug-likeness (QED) is 0.827. The van der Waals surface area contributed by atoms with E-state index in [9.17, 15) is 4.79 Å². The van der Waals surface area contributed by atoms with Gasteiger partial charge in [-0.25, -0.2) is 0 Å². The molecule has 2 aromatic rings. The first-order valence-electron chi connectivity index (χ1n) is 7.48. The summed E-state index contributed by atoms with van der Waals surface area (Å²) in [7, 11) is 0. The zero-order valence-corrected chi connectivity index (χ0v) is 12.5. The van der Waals surface area contributed by atoms with Crippen molar-refractivity contribution in [2.75, 3.05) is 0 Å². The number of benzene rings is 2. The van der Waals surface area contributed by atoms with Gasteiger partial charge in [0.2, 0.25) is 0 Å². The number of hydrogen-bond acceptors (Lipinski definition) is 1. The van der Waals surface area contributed by atoms with Crippen LogP contribution in [0.15, 0.2) is 48.5 Å². The molecule has 0 aromatic heterocycles. The molecule has 0 bridgehead atoms. The summed E-state index contributed by atoms with van der Waals surface area (Å²) >= 11 is 0. The lowest BCUT2D eigenvalue weighted by Crippen LogP contribution is -1.96. The fourth-order valence-electron chi connectivity index (χ4n) is 2.36. The van der Waals surface area contributed by atoms with Gasteiger partial charge in [-0.05, 0) is 49.3 Å². The van der Waals surface area contributed by atoms with Crippen molar-refractivity contribution in [1.29, 1.82) is 0 Å². The van der Waals surface area contributed by atoms with Crippen LogP contribution in [0.2, 0.25) is 0 Å². The molecule has 0 aliphatic rings. The number of rotatable bonds is 7. The highest BCUT2D eigenvalue weighted by atomic mass is 16.4. The number of hydrogen-bond donors (Lipinski definition) is 1. The highest BCUT2D eigenvalue weighted by Crippen LogP contribution is 2.11. The lowest BCUT2D eigenvalue weighted by Gasteiger charge is -2.05. The Bertz CT molecular complexity index is 568. The molecule has 0 fully saturated rings. The molecule has 2 nitrogen and oxygen atoms in total. The number of carboxylic acids is 1. The number of aryl methyl sites for hydroxylation is 4. The average Bonchev–Trinajstić information content (AvgIpc) is 2.48. The molecule has 0 atom stereocenters. The van der Waals surface area contributed by atoms with Crippen LogP contribution in [-0.4, -0.2) is 11.1 Å².